The van der Waals surface area contributed by atoms with Crippen LogP contribution in [0.1, 0.15) is 40.0 Å². The van der Waals surface area contributed by atoms with Gasteiger partial charge in [-0.3, -0.25) is 14.9 Å². The monoisotopic (exact) mass is 255 g/mol. The van der Waals surface area contributed by atoms with Crippen LogP contribution in [0.5, 0.6) is 0 Å². The third-order valence-electron chi connectivity index (χ3n) is 3.48. The van der Waals surface area contributed by atoms with Crippen LogP contribution in [0.4, 0.5) is 0 Å². The predicted octanol–water partition coefficient (Wildman–Crippen LogP) is 0.487. The molecule has 1 saturated carbocycles. The van der Waals surface area contributed by atoms with Gasteiger partial charge in [-0.2, -0.15) is 0 Å². The maximum atomic E-state index is 11.9. The Bertz CT molecular complexity index is 326. The molecule has 1 fully saturated rings. The Kier molecular flexibility index (Phi) is 4.73. The molecule has 0 unspecified atom stereocenters. The average molecular weight is 255 g/mol. The van der Waals surface area contributed by atoms with E-state index in [-0.39, 0.29) is 12.5 Å². The highest BCUT2D eigenvalue weighted by Gasteiger charge is 2.34. The summed E-state index contributed by atoms with van der Waals surface area (Å²) in [5.74, 6) is -0.0435. The zero-order valence-electron chi connectivity index (χ0n) is 11.8. The lowest BCUT2D eigenvalue weighted by atomic mass is 9.90. The zero-order valence-corrected chi connectivity index (χ0v) is 11.8. The first-order chi connectivity index (χ1) is 8.26. The Labute approximate surface area is 109 Å². The van der Waals surface area contributed by atoms with Crippen LogP contribution in [-0.4, -0.2) is 41.9 Å². The first-order valence-electron chi connectivity index (χ1n) is 6.57. The quantitative estimate of drug-likeness (QED) is 0.695. The van der Waals surface area contributed by atoms with Crippen molar-refractivity contribution in [2.24, 2.45) is 11.7 Å². The van der Waals surface area contributed by atoms with Crippen LogP contribution in [0.3, 0.4) is 0 Å². The Hall–Kier alpha value is -1.10. The van der Waals surface area contributed by atoms with Crippen molar-refractivity contribution in [2.75, 3.05) is 13.6 Å². The van der Waals surface area contributed by atoms with Gasteiger partial charge in [0.15, 0.2) is 0 Å². The summed E-state index contributed by atoms with van der Waals surface area (Å²) in [5, 5.41) is 3.02. The zero-order chi connectivity index (χ0) is 13.9. The molecule has 0 spiro atoms. The van der Waals surface area contributed by atoms with Gasteiger partial charge in [0.1, 0.15) is 0 Å². The van der Waals surface area contributed by atoms with Gasteiger partial charge in [-0.05, 0) is 32.1 Å². The minimum Gasteiger partial charge on any atom is -0.368 e. The molecular formula is C13H25N3O2. The van der Waals surface area contributed by atoms with Gasteiger partial charge in [0.2, 0.25) is 11.8 Å². The number of nitrogens with one attached hydrogen (secondary N) is 1. The van der Waals surface area contributed by atoms with E-state index in [1.807, 2.05) is 20.9 Å². The molecule has 0 radical (unpaired) electrons. The topological polar surface area (TPSA) is 75.4 Å². The molecule has 0 bridgehead atoms. The summed E-state index contributed by atoms with van der Waals surface area (Å²) in [7, 11) is 1.81. The van der Waals surface area contributed by atoms with Crippen molar-refractivity contribution in [1.29, 1.82) is 0 Å². The Morgan fingerprint density at radius 2 is 2.00 bits per heavy atom. The molecule has 0 saturated heterocycles. The molecule has 1 atom stereocenters. The van der Waals surface area contributed by atoms with Gasteiger partial charge in [-0.25, -0.2) is 0 Å². The number of primary amides is 1. The summed E-state index contributed by atoms with van der Waals surface area (Å²) >= 11 is 0. The first-order valence-corrected chi connectivity index (χ1v) is 6.57. The molecule has 1 aliphatic rings. The van der Waals surface area contributed by atoms with Gasteiger partial charge in [0.25, 0.3) is 0 Å². The third kappa shape index (κ3) is 3.98. The normalized spacial score (nSPS) is 18.5. The second-order valence-corrected chi connectivity index (χ2v) is 5.88. The summed E-state index contributed by atoms with van der Waals surface area (Å²) in [6.45, 7) is 5.99. The predicted molar refractivity (Wildman–Crippen MR) is 70.8 cm³/mol. The van der Waals surface area contributed by atoms with Gasteiger partial charge >= 0.3 is 0 Å². The molecule has 0 aromatic heterocycles. The van der Waals surface area contributed by atoms with Crippen molar-refractivity contribution in [3.63, 3.8) is 0 Å². The molecule has 0 aromatic carbocycles. The molecule has 1 rings (SSSR count). The SMILES string of the molecule is CC(C)C[C@@](C)(NCC(=O)N(C)C1CC1)C(N)=O. The summed E-state index contributed by atoms with van der Waals surface area (Å²) in [5.41, 5.74) is 4.62. The van der Waals surface area contributed by atoms with Gasteiger partial charge in [-0.15, -0.1) is 0 Å². The van der Waals surface area contributed by atoms with Crippen LogP contribution in [0.25, 0.3) is 0 Å². The number of likely N-dealkylation sites (N-methyl/N-ethyl adjacent to an activating group) is 1. The van der Waals surface area contributed by atoms with E-state index in [0.717, 1.165) is 12.8 Å². The van der Waals surface area contributed by atoms with E-state index in [1.165, 1.54) is 0 Å². The number of hydrogen-bond acceptors (Lipinski definition) is 3. The standard InChI is InChI=1S/C13H25N3O2/c1-9(2)7-13(3,12(14)18)15-8-11(17)16(4)10-5-6-10/h9-10,15H,5-8H2,1-4H3,(H2,14,18)/t13-/m1/s1. The number of carbonyl (C=O) groups excluding carboxylic acids is 2. The lowest BCUT2D eigenvalue weighted by Gasteiger charge is -2.30. The van der Waals surface area contributed by atoms with Crippen LogP contribution < -0.4 is 11.1 Å². The molecule has 1 aliphatic carbocycles. The van der Waals surface area contributed by atoms with Crippen LogP contribution >= 0.6 is 0 Å². The maximum absolute atomic E-state index is 11.9. The molecule has 0 heterocycles. The first kappa shape index (κ1) is 15.0. The summed E-state index contributed by atoms with van der Waals surface area (Å²) in [6.07, 6.45) is 2.80. The Morgan fingerprint density at radius 3 is 2.39 bits per heavy atom. The fourth-order valence-corrected chi connectivity index (χ4v) is 2.14. The van der Waals surface area contributed by atoms with Crippen molar-refractivity contribution >= 4 is 11.8 Å². The average Bonchev–Trinajstić information content (AvgIpc) is 3.07. The van der Waals surface area contributed by atoms with Gasteiger partial charge < -0.3 is 10.6 Å². The Balaban J connectivity index is 2.51. The smallest absolute Gasteiger partial charge is 0.237 e. The lowest BCUT2D eigenvalue weighted by Crippen LogP contribution is -2.56. The lowest BCUT2D eigenvalue weighted by molar-refractivity contribution is -0.130. The second kappa shape index (κ2) is 5.69. The summed E-state index contributed by atoms with van der Waals surface area (Å²) in [4.78, 5) is 25.2. The van der Waals surface area contributed by atoms with E-state index in [1.54, 1.807) is 11.8 Å². The third-order valence-corrected chi connectivity index (χ3v) is 3.48. The molecule has 2 amide bonds. The van der Waals surface area contributed by atoms with Gasteiger partial charge in [0, 0.05) is 13.1 Å². The second-order valence-electron chi connectivity index (χ2n) is 5.88. The number of amides is 2. The van der Waals surface area contributed by atoms with E-state index in [2.05, 4.69) is 5.32 Å². The Morgan fingerprint density at radius 1 is 1.44 bits per heavy atom. The molecule has 0 aromatic rings. The number of nitrogens with zero attached hydrogens (tertiary/aromatic N) is 1. The minimum absolute atomic E-state index is 0.0220. The van der Waals surface area contributed by atoms with Gasteiger partial charge in [-0.1, -0.05) is 13.8 Å². The molecule has 0 aliphatic heterocycles. The van der Waals surface area contributed by atoms with E-state index in [9.17, 15) is 9.59 Å². The minimum atomic E-state index is -0.811. The molecule has 5 nitrogen and oxygen atoms in total. The number of nitrogens with two attached hydrogens (primary N) is 1. The fraction of sp³-hybridized carbons (Fsp3) is 0.846. The molecular weight excluding hydrogens is 230 g/mol. The molecule has 18 heavy (non-hydrogen) atoms. The summed E-state index contributed by atoms with van der Waals surface area (Å²) < 4.78 is 0. The van der Waals surface area contributed by atoms with E-state index in [0.29, 0.717) is 18.4 Å². The number of rotatable bonds is 7. The number of hydrogen-bond donors (Lipinski definition) is 2. The van der Waals surface area contributed by atoms with Gasteiger partial charge in [0.05, 0.1) is 12.1 Å². The summed E-state index contributed by atoms with van der Waals surface area (Å²) in [6, 6.07) is 0.393. The van der Waals surface area contributed by atoms with Crippen LogP contribution in [0.2, 0.25) is 0 Å². The fourth-order valence-electron chi connectivity index (χ4n) is 2.14. The van der Waals surface area contributed by atoms with Crippen molar-refractivity contribution in [3.8, 4) is 0 Å². The van der Waals surface area contributed by atoms with Crippen molar-refractivity contribution in [3.05, 3.63) is 0 Å². The van der Waals surface area contributed by atoms with Crippen LogP contribution in [0.15, 0.2) is 0 Å². The highest BCUT2D eigenvalue weighted by Crippen LogP contribution is 2.25. The van der Waals surface area contributed by atoms with Crippen molar-refractivity contribution < 1.29 is 9.59 Å². The molecule has 104 valence electrons. The van der Waals surface area contributed by atoms with Crippen molar-refractivity contribution in [1.82, 2.24) is 10.2 Å². The molecule has 5 heteroatoms. The van der Waals surface area contributed by atoms with E-state index in [4.69, 9.17) is 5.73 Å². The maximum Gasteiger partial charge on any atom is 0.237 e. The largest absolute Gasteiger partial charge is 0.368 e. The van der Waals surface area contributed by atoms with Crippen LogP contribution in [0, 0.1) is 5.92 Å². The highest BCUT2D eigenvalue weighted by molar-refractivity contribution is 5.85. The van der Waals surface area contributed by atoms with E-state index >= 15 is 0 Å². The highest BCUT2D eigenvalue weighted by atomic mass is 16.2. The van der Waals surface area contributed by atoms with Crippen LogP contribution in [-0.2, 0) is 9.59 Å². The number of carbonyl (C=O) groups is 2. The van der Waals surface area contributed by atoms with E-state index < -0.39 is 11.4 Å². The van der Waals surface area contributed by atoms with Crippen molar-refractivity contribution in [2.45, 2.75) is 51.6 Å². The molecule has 3 N–H and O–H groups in total.